The van der Waals surface area contributed by atoms with Crippen molar-refractivity contribution in [2.45, 2.75) is 76.7 Å². The Balaban J connectivity index is 1.47. The normalized spacial score (nSPS) is 19.7. The molecule has 1 unspecified atom stereocenters. The number of amides is 2. The highest BCUT2D eigenvalue weighted by atomic mass is 16.5. The van der Waals surface area contributed by atoms with E-state index in [1.807, 2.05) is 0 Å². The fourth-order valence-electron chi connectivity index (χ4n) is 4.67. The Kier molecular flexibility index (Phi) is 7.57. The fraction of sp³-hybridized carbons (Fsp3) is 0.652. The van der Waals surface area contributed by atoms with Crippen LogP contribution in [-0.4, -0.2) is 41.4 Å². The third kappa shape index (κ3) is 5.56. The first-order chi connectivity index (χ1) is 15.6. The standard InChI is InChI=1S/C23H32N4O5/c1-15-18(14-31-26-15)22(28)25-21(17-7-5-3-2-4-6-8-17)23(29)24-20-13-19(32-27-20)16-9-11-30-12-10-16/h13-14,16-17,21H,2-12H2,1H3,(H,25,28)(H,24,27,29). The first-order valence-corrected chi connectivity index (χ1v) is 11.7. The topological polar surface area (TPSA) is 119 Å². The zero-order valence-electron chi connectivity index (χ0n) is 18.6. The molecule has 0 radical (unpaired) electrons. The molecule has 1 aliphatic carbocycles. The zero-order chi connectivity index (χ0) is 22.3. The summed E-state index contributed by atoms with van der Waals surface area (Å²) < 4.78 is 15.8. The van der Waals surface area contributed by atoms with Crippen LogP contribution >= 0.6 is 0 Å². The van der Waals surface area contributed by atoms with Crippen molar-refractivity contribution in [3.8, 4) is 0 Å². The number of aryl methyl sites for hydroxylation is 1. The van der Waals surface area contributed by atoms with Crippen molar-refractivity contribution in [1.29, 1.82) is 0 Å². The summed E-state index contributed by atoms with van der Waals surface area (Å²) in [7, 11) is 0. The molecule has 2 amide bonds. The third-order valence-corrected chi connectivity index (χ3v) is 6.59. The zero-order valence-corrected chi connectivity index (χ0v) is 18.6. The van der Waals surface area contributed by atoms with Gasteiger partial charge in [-0.3, -0.25) is 9.59 Å². The Hall–Kier alpha value is -2.68. The van der Waals surface area contributed by atoms with Crippen molar-refractivity contribution >= 4 is 17.6 Å². The largest absolute Gasteiger partial charge is 0.381 e. The van der Waals surface area contributed by atoms with E-state index in [4.69, 9.17) is 13.8 Å². The Morgan fingerprint density at radius 1 is 1.03 bits per heavy atom. The monoisotopic (exact) mass is 444 g/mol. The number of anilines is 1. The summed E-state index contributed by atoms with van der Waals surface area (Å²) in [6, 6.07) is 1.12. The number of aromatic nitrogens is 2. The summed E-state index contributed by atoms with van der Waals surface area (Å²) in [5.41, 5.74) is 0.841. The van der Waals surface area contributed by atoms with Gasteiger partial charge in [0.2, 0.25) is 5.91 Å². The molecule has 2 fully saturated rings. The van der Waals surface area contributed by atoms with Gasteiger partial charge in [0.25, 0.3) is 5.91 Å². The quantitative estimate of drug-likeness (QED) is 0.692. The Bertz CT molecular complexity index is 894. The van der Waals surface area contributed by atoms with Crippen LogP contribution in [0.1, 0.15) is 85.5 Å². The van der Waals surface area contributed by atoms with Crippen molar-refractivity contribution in [2.75, 3.05) is 18.5 Å². The highest BCUT2D eigenvalue weighted by molar-refractivity contribution is 6.01. The molecular formula is C23H32N4O5. The number of nitrogens with zero attached hydrogens (tertiary/aromatic N) is 2. The summed E-state index contributed by atoms with van der Waals surface area (Å²) >= 11 is 0. The third-order valence-electron chi connectivity index (χ3n) is 6.59. The van der Waals surface area contributed by atoms with Crippen LogP contribution in [-0.2, 0) is 9.53 Å². The van der Waals surface area contributed by atoms with Gasteiger partial charge in [0, 0.05) is 25.2 Å². The van der Waals surface area contributed by atoms with E-state index in [0.717, 1.165) is 57.1 Å². The molecule has 4 rings (SSSR count). The van der Waals surface area contributed by atoms with Crippen LogP contribution in [0.4, 0.5) is 5.82 Å². The van der Waals surface area contributed by atoms with Gasteiger partial charge >= 0.3 is 0 Å². The molecule has 9 heteroatoms. The second-order valence-electron chi connectivity index (χ2n) is 8.86. The number of hydrogen-bond donors (Lipinski definition) is 2. The first kappa shape index (κ1) is 22.5. The van der Waals surface area contributed by atoms with E-state index in [1.165, 1.54) is 12.7 Å². The minimum atomic E-state index is -0.668. The molecule has 0 spiro atoms. The highest BCUT2D eigenvalue weighted by Crippen LogP contribution is 2.29. The molecule has 2 aromatic heterocycles. The van der Waals surface area contributed by atoms with Crippen molar-refractivity contribution in [3.05, 3.63) is 29.3 Å². The molecule has 0 bridgehead atoms. The number of ether oxygens (including phenoxy) is 1. The number of carbonyl (C=O) groups is 2. The maximum atomic E-state index is 13.3. The summed E-state index contributed by atoms with van der Waals surface area (Å²) in [6.07, 6.45) is 10.5. The van der Waals surface area contributed by atoms with Crippen LogP contribution in [0.15, 0.2) is 21.4 Å². The van der Waals surface area contributed by atoms with Crippen molar-refractivity contribution < 1.29 is 23.4 Å². The van der Waals surface area contributed by atoms with E-state index in [2.05, 4.69) is 20.9 Å². The molecule has 1 saturated heterocycles. The number of rotatable bonds is 6. The van der Waals surface area contributed by atoms with Crippen LogP contribution < -0.4 is 10.6 Å². The summed E-state index contributed by atoms with van der Waals surface area (Å²) in [5, 5.41) is 13.6. The Morgan fingerprint density at radius 2 is 1.75 bits per heavy atom. The fourth-order valence-corrected chi connectivity index (χ4v) is 4.67. The van der Waals surface area contributed by atoms with E-state index in [9.17, 15) is 9.59 Å². The van der Waals surface area contributed by atoms with E-state index in [0.29, 0.717) is 30.3 Å². The maximum Gasteiger partial charge on any atom is 0.257 e. The van der Waals surface area contributed by atoms with Crippen molar-refractivity contribution in [1.82, 2.24) is 15.6 Å². The van der Waals surface area contributed by atoms with Gasteiger partial charge in [-0.25, -0.2) is 0 Å². The van der Waals surface area contributed by atoms with E-state index < -0.39 is 6.04 Å². The van der Waals surface area contributed by atoms with Gasteiger partial charge in [-0.15, -0.1) is 0 Å². The second kappa shape index (κ2) is 10.8. The molecule has 2 N–H and O–H groups in total. The Morgan fingerprint density at radius 3 is 2.44 bits per heavy atom. The van der Waals surface area contributed by atoms with Gasteiger partial charge < -0.3 is 24.4 Å². The number of hydrogen-bond acceptors (Lipinski definition) is 7. The summed E-state index contributed by atoms with van der Waals surface area (Å²) in [6.45, 7) is 3.10. The molecule has 32 heavy (non-hydrogen) atoms. The lowest BCUT2D eigenvalue weighted by atomic mass is 9.85. The molecule has 2 aromatic rings. The highest BCUT2D eigenvalue weighted by Gasteiger charge is 2.32. The van der Waals surface area contributed by atoms with Crippen LogP contribution in [0.5, 0.6) is 0 Å². The Labute approximate surface area is 187 Å². The molecule has 0 aromatic carbocycles. The van der Waals surface area contributed by atoms with E-state index in [-0.39, 0.29) is 23.7 Å². The van der Waals surface area contributed by atoms with Crippen LogP contribution in [0.3, 0.4) is 0 Å². The molecule has 174 valence electrons. The lowest BCUT2D eigenvalue weighted by Gasteiger charge is -2.28. The average Bonchev–Trinajstić information content (AvgIpc) is 3.42. The number of carbonyl (C=O) groups excluding carboxylic acids is 2. The summed E-state index contributed by atoms with van der Waals surface area (Å²) in [4.78, 5) is 26.2. The minimum absolute atomic E-state index is 0.0567. The first-order valence-electron chi connectivity index (χ1n) is 11.7. The predicted octanol–water partition coefficient (Wildman–Crippen LogP) is 3.96. The molecule has 1 aliphatic heterocycles. The predicted molar refractivity (Wildman–Crippen MR) is 116 cm³/mol. The molecule has 9 nitrogen and oxygen atoms in total. The van der Waals surface area contributed by atoms with Gasteiger partial charge in [0.15, 0.2) is 5.82 Å². The molecule has 2 aliphatic rings. The minimum Gasteiger partial charge on any atom is -0.381 e. The average molecular weight is 445 g/mol. The van der Waals surface area contributed by atoms with Crippen LogP contribution in [0, 0.1) is 12.8 Å². The van der Waals surface area contributed by atoms with Crippen LogP contribution in [0.2, 0.25) is 0 Å². The molecule has 1 atom stereocenters. The lowest BCUT2D eigenvalue weighted by Crippen LogP contribution is -2.48. The number of nitrogens with one attached hydrogen (secondary N) is 2. The summed E-state index contributed by atoms with van der Waals surface area (Å²) in [5.74, 6) is 0.817. The lowest BCUT2D eigenvalue weighted by molar-refractivity contribution is -0.119. The molecule has 3 heterocycles. The van der Waals surface area contributed by atoms with Gasteiger partial charge in [-0.05, 0) is 38.5 Å². The van der Waals surface area contributed by atoms with Crippen molar-refractivity contribution in [3.63, 3.8) is 0 Å². The van der Waals surface area contributed by atoms with Crippen molar-refractivity contribution in [2.24, 2.45) is 5.92 Å². The van der Waals surface area contributed by atoms with Gasteiger partial charge in [-0.1, -0.05) is 42.4 Å². The maximum absolute atomic E-state index is 13.3. The smallest absolute Gasteiger partial charge is 0.257 e. The molecular weight excluding hydrogens is 412 g/mol. The SMILES string of the molecule is Cc1nocc1C(=O)NC(C(=O)Nc1cc(C2CCOCC2)on1)C1CCCCCCC1. The van der Waals surface area contributed by atoms with Crippen LogP contribution in [0.25, 0.3) is 0 Å². The molecule has 1 saturated carbocycles. The second-order valence-corrected chi connectivity index (χ2v) is 8.86. The van der Waals surface area contributed by atoms with E-state index in [1.54, 1.807) is 13.0 Å². The van der Waals surface area contributed by atoms with Gasteiger partial charge in [0.05, 0.1) is 5.69 Å². The van der Waals surface area contributed by atoms with Gasteiger partial charge in [0.1, 0.15) is 23.6 Å². The van der Waals surface area contributed by atoms with E-state index >= 15 is 0 Å². The van der Waals surface area contributed by atoms with Gasteiger partial charge in [-0.2, -0.15) is 0 Å².